The number of hydrogen-bond donors (Lipinski definition) is 1. The number of hydrogen-bond acceptors (Lipinski definition) is 2. The Morgan fingerprint density at radius 2 is 1.35 bits per heavy atom. The Labute approximate surface area is 135 Å². The second-order valence-electron chi connectivity index (χ2n) is 5.55. The van der Waals surface area contributed by atoms with Gasteiger partial charge in [-0.3, -0.25) is 0 Å². The van der Waals surface area contributed by atoms with Crippen molar-refractivity contribution in [2.45, 2.75) is 0 Å². The van der Waals surface area contributed by atoms with E-state index >= 15 is 0 Å². The summed E-state index contributed by atoms with van der Waals surface area (Å²) >= 11 is 0. The van der Waals surface area contributed by atoms with E-state index in [4.69, 9.17) is 4.65 Å². The Hall–Kier alpha value is -2.78. The minimum Gasteiger partial charge on any atom is -0.532 e. The Kier molecular flexibility index (Phi) is 3.49. The van der Waals surface area contributed by atoms with Crippen LogP contribution in [0.5, 0.6) is 5.75 Å². The van der Waals surface area contributed by atoms with Crippen LogP contribution in [0.1, 0.15) is 11.1 Å². The van der Waals surface area contributed by atoms with Gasteiger partial charge in [-0.05, 0) is 34.9 Å². The number of fused-ring (bicyclic) bond motifs is 1. The van der Waals surface area contributed by atoms with Crippen LogP contribution in [0.25, 0.3) is 22.7 Å². The van der Waals surface area contributed by atoms with Crippen molar-refractivity contribution in [2.75, 3.05) is 0 Å². The molecule has 0 amide bonds. The molecule has 1 aliphatic rings. The largest absolute Gasteiger partial charge is 0.560 e. The maximum Gasteiger partial charge on any atom is 0.560 e. The second-order valence-corrected chi connectivity index (χ2v) is 5.55. The van der Waals surface area contributed by atoms with Crippen molar-refractivity contribution in [3.8, 4) is 16.9 Å². The Balaban J connectivity index is 1.79. The number of rotatable bonds is 2. The smallest absolute Gasteiger partial charge is 0.532 e. The van der Waals surface area contributed by atoms with E-state index in [1.807, 2.05) is 66.7 Å². The molecule has 1 N–H and O–H groups in total. The lowest BCUT2D eigenvalue weighted by atomic mass is 9.71. The molecule has 2 nitrogen and oxygen atoms in total. The molecule has 0 spiro atoms. The van der Waals surface area contributed by atoms with E-state index in [9.17, 15) is 5.02 Å². The average Bonchev–Trinajstić information content (AvgIpc) is 2.62. The van der Waals surface area contributed by atoms with Gasteiger partial charge < -0.3 is 9.68 Å². The van der Waals surface area contributed by atoms with E-state index in [0.29, 0.717) is 5.75 Å². The van der Waals surface area contributed by atoms with Gasteiger partial charge in [-0.1, -0.05) is 66.7 Å². The molecule has 23 heavy (non-hydrogen) atoms. The van der Waals surface area contributed by atoms with Crippen molar-refractivity contribution in [2.24, 2.45) is 0 Å². The van der Waals surface area contributed by atoms with Crippen LogP contribution < -0.4 is 4.65 Å². The first-order valence-electron chi connectivity index (χ1n) is 7.62. The maximum atomic E-state index is 10.3. The molecule has 4 rings (SSSR count). The third-order valence-electron chi connectivity index (χ3n) is 4.04. The molecule has 0 fully saturated rings. The second kappa shape index (κ2) is 5.78. The van der Waals surface area contributed by atoms with Crippen molar-refractivity contribution in [3.05, 3.63) is 90.0 Å². The lowest BCUT2D eigenvalue weighted by Gasteiger charge is -2.21. The Bertz CT molecular complexity index is 857. The molecule has 0 saturated heterocycles. The van der Waals surface area contributed by atoms with E-state index < -0.39 is 7.12 Å². The van der Waals surface area contributed by atoms with Crippen LogP contribution in [-0.4, -0.2) is 12.1 Å². The van der Waals surface area contributed by atoms with Crippen LogP contribution in [0.4, 0.5) is 0 Å². The first kappa shape index (κ1) is 13.9. The zero-order valence-corrected chi connectivity index (χ0v) is 12.5. The molecule has 1 aliphatic heterocycles. The predicted octanol–water partition coefficient (Wildman–Crippen LogP) is 4.31. The standard InChI is InChI=1S/C20H15BO2/c22-21-19(16-9-5-2-6-10-16)14-18-13-17(11-12-20(18)23-21)15-7-3-1-4-8-15/h1-14,22H. The van der Waals surface area contributed by atoms with Gasteiger partial charge in [0.25, 0.3) is 0 Å². The van der Waals surface area contributed by atoms with Crippen LogP contribution in [0, 0.1) is 0 Å². The highest BCUT2D eigenvalue weighted by Gasteiger charge is 2.28. The summed E-state index contributed by atoms with van der Waals surface area (Å²) in [6.45, 7) is 0. The summed E-state index contributed by atoms with van der Waals surface area (Å²) in [5, 5.41) is 10.3. The maximum absolute atomic E-state index is 10.3. The van der Waals surface area contributed by atoms with Crippen molar-refractivity contribution in [3.63, 3.8) is 0 Å². The number of benzene rings is 3. The van der Waals surface area contributed by atoms with Gasteiger partial charge in [0, 0.05) is 11.0 Å². The molecule has 0 saturated carbocycles. The summed E-state index contributed by atoms with van der Waals surface area (Å²) in [5.41, 5.74) is 5.03. The SMILES string of the molecule is OB1Oc2ccc(-c3ccccc3)cc2C=C1c1ccccc1. The van der Waals surface area contributed by atoms with E-state index in [-0.39, 0.29) is 0 Å². The highest BCUT2D eigenvalue weighted by atomic mass is 16.5. The van der Waals surface area contributed by atoms with Crippen molar-refractivity contribution in [1.29, 1.82) is 0 Å². The molecule has 0 aliphatic carbocycles. The van der Waals surface area contributed by atoms with Crippen LogP contribution in [0.2, 0.25) is 0 Å². The molecule has 0 aromatic heterocycles. The van der Waals surface area contributed by atoms with E-state index in [2.05, 4.69) is 18.2 Å². The third kappa shape index (κ3) is 2.67. The fourth-order valence-electron chi connectivity index (χ4n) is 2.86. The molecule has 3 heteroatoms. The third-order valence-corrected chi connectivity index (χ3v) is 4.04. The first-order chi connectivity index (χ1) is 11.3. The van der Waals surface area contributed by atoms with Gasteiger partial charge in [0.15, 0.2) is 0 Å². The van der Waals surface area contributed by atoms with Crippen LogP contribution in [0.15, 0.2) is 78.9 Å². The van der Waals surface area contributed by atoms with Gasteiger partial charge in [-0.2, -0.15) is 0 Å². The summed E-state index contributed by atoms with van der Waals surface area (Å²) in [4.78, 5) is 0. The van der Waals surface area contributed by atoms with Gasteiger partial charge in [0.1, 0.15) is 5.75 Å². The van der Waals surface area contributed by atoms with E-state index in [0.717, 1.165) is 27.7 Å². The molecule has 0 radical (unpaired) electrons. The quantitative estimate of drug-likeness (QED) is 0.714. The van der Waals surface area contributed by atoms with Gasteiger partial charge >= 0.3 is 7.12 Å². The lowest BCUT2D eigenvalue weighted by Crippen LogP contribution is -2.26. The normalized spacial score (nSPS) is 13.1. The molecule has 3 aromatic carbocycles. The van der Waals surface area contributed by atoms with Gasteiger partial charge in [-0.15, -0.1) is 0 Å². The zero-order valence-electron chi connectivity index (χ0n) is 12.5. The molecular formula is C20H15BO2. The Morgan fingerprint density at radius 3 is 2.04 bits per heavy atom. The monoisotopic (exact) mass is 298 g/mol. The molecule has 0 atom stereocenters. The average molecular weight is 298 g/mol. The van der Waals surface area contributed by atoms with Crippen molar-refractivity contribution >= 4 is 18.7 Å². The minimum atomic E-state index is -0.938. The van der Waals surface area contributed by atoms with Crippen molar-refractivity contribution in [1.82, 2.24) is 0 Å². The topological polar surface area (TPSA) is 29.5 Å². The molecule has 110 valence electrons. The van der Waals surface area contributed by atoms with Gasteiger partial charge in [-0.25, -0.2) is 0 Å². The summed E-state index contributed by atoms with van der Waals surface area (Å²) in [6.07, 6.45) is 2.01. The highest BCUT2D eigenvalue weighted by Crippen LogP contribution is 2.34. The summed E-state index contributed by atoms with van der Waals surface area (Å²) in [7, 11) is -0.938. The highest BCUT2D eigenvalue weighted by molar-refractivity contribution is 6.70. The van der Waals surface area contributed by atoms with E-state index in [1.54, 1.807) is 0 Å². The lowest BCUT2D eigenvalue weighted by molar-refractivity contribution is 0.432. The van der Waals surface area contributed by atoms with Crippen LogP contribution >= 0.6 is 0 Å². The summed E-state index contributed by atoms with van der Waals surface area (Å²) < 4.78 is 5.68. The minimum absolute atomic E-state index is 0.705. The molecule has 3 aromatic rings. The molecule has 1 heterocycles. The predicted molar refractivity (Wildman–Crippen MR) is 94.8 cm³/mol. The fourth-order valence-corrected chi connectivity index (χ4v) is 2.86. The van der Waals surface area contributed by atoms with Gasteiger partial charge in [0.05, 0.1) is 0 Å². The van der Waals surface area contributed by atoms with Crippen LogP contribution in [-0.2, 0) is 0 Å². The molecule has 0 bridgehead atoms. The molecule has 0 unspecified atom stereocenters. The van der Waals surface area contributed by atoms with Gasteiger partial charge in [0.2, 0.25) is 0 Å². The van der Waals surface area contributed by atoms with Crippen LogP contribution in [0.3, 0.4) is 0 Å². The molecular weight excluding hydrogens is 283 g/mol. The van der Waals surface area contributed by atoms with Crippen molar-refractivity contribution < 1.29 is 9.68 Å². The summed E-state index contributed by atoms with van der Waals surface area (Å²) in [5.74, 6) is 0.705. The zero-order chi connectivity index (χ0) is 15.6. The Morgan fingerprint density at radius 1 is 0.696 bits per heavy atom. The van der Waals surface area contributed by atoms with E-state index in [1.165, 1.54) is 0 Å². The fraction of sp³-hybridized carbons (Fsp3) is 0. The summed E-state index contributed by atoms with van der Waals surface area (Å²) in [6, 6.07) is 26.1. The first-order valence-corrected chi connectivity index (χ1v) is 7.62.